The van der Waals surface area contributed by atoms with Gasteiger partial charge < -0.3 is 16.0 Å². The van der Waals surface area contributed by atoms with Crippen molar-refractivity contribution < 1.29 is 4.79 Å². The van der Waals surface area contributed by atoms with E-state index < -0.39 is 0 Å². The van der Waals surface area contributed by atoms with Gasteiger partial charge in [-0.15, -0.1) is 24.0 Å². The van der Waals surface area contributed by atoms with Crippen LogP contribution in [-0.4, -0.2) is 55.5 Å². The Hall–Kier alpha value is -1.35. The van der Waals surface area contributed by atoms with Gasteiger partial charge in [0, 0.05) is 50.9 Å². The SMILES string of the molecule is CCCCNC(=O)c1ccc(CNC(=NC)NCCCN(C(C)C)C(C)C)cc1.I. The van der Waals surface area contributed by atoms with E-state index in [0.29, 0.717) is 24.2 Å². The monoisotopic (exact) mass is 531 g/mol. The van der Waals surface area contributed by atoms with Crippen molar-refractivity contribution in [3.63, 3.8) is 0 Å². The lowest BCUT2D eigenvalue weighted by atomic mass is 10.1. The Morgan fingerprint density at radius 1 is 0.967 bits per heavy atom. The van der Waals surface area contributed by atoms with Gasteiger partial charge in [-0.25, -0.2) is 0 Å². The van der Waals surface area contributed by atoms with Crippen LogP contribution in [0.5, 0.6) is 0 Å². The van der Waals surface area contributed by atoms with Crippen LogP contribution in [0.15, 0.2) is 29.3 Å². The average Bonchev–Trinajstić information content (AvgIpc) is 2.70. The van der Waals surface area contributed by atoms with Crippen LogP contribution in [0.3, 0.4) is 0 Å². The molecule has 172 valence electrons. The van der Waals surface area contributed by atoms with Crippen molar-refractivity contribution in [1.82, 2.24) is 20.9 Å². The minimum absolute atomic E-state index is 0. The lowest BCUT2D eigenvalue weighted by molar-refractivity contribution is 0.0953. The zero-order valence-corrected chi connectivity index (χ0v) is 22.0. The van der Waals surface area contributed by atoms with Crippen molar-refractivity contribution in [2.45, 2.75) is 72.5 Å². The van der Waals surface area contributed by atoms with Gasteiger partial charge in [0.2, 0.25) is 0 Å². The molecule has 0 aliphatic carbocycles. The van der Waals surface area contributed by atoms with Gasteiger partial charge >= 0.3 is 0 Å². The summed E-state index contributed by atoms with van der Waals surface area (Å²) < 4.78 is 0. The standard InChI is InChI=1S/C23H41N5O.HI/c1-7-8-14-25-22(29)21-12-10-20(11-13-21)17-27-23(24-6)26-15-9-16-28(18(2)3)19(4)5;/h10-13,18-19H,7-9,14-17H2,1-6H3,(H,25,29)(H2,24,26,27);1H. The molecule has 3 N–H and O–H groups in total. The van der Waals surface area contributed by atoms with Crippen LogP contribution in [0.2, 0.25) is 0 Å². The number of unbranched alkanes of at least 4 members (excludes halogenated alkanes) is 1. The normalized spacial score (nSPS) is 11.6. The molecule has 0 radical (unpaired) electrons. The number of rotatable bonds is 12. The molecule has 0 bridgehead atoms. The van der Waals surface area contributed by atoms with Crippen molar-refractivity contribution >= 4 is 35.8 Å². The summed E-state index contributed by atoms with van der Waals surface area (Å²) in [7, 11) is 1.79. The molecule has 0 aliphatic rings. The van der Waals surface area contributed by atoms with E-state index in [0.717, 1.165) is 50.4 Å². The third kappa shape index (κ3) is 11.2. The Balaban J connectivity index is 0.00000841. The van der Waals surface area contributed by atoms with Gasteiger partial charge in [-0.3, -0.25) is 14.7 Å². The molecule has 0 unspecified atom stereocenters. The Labute approximate surface area is 200 Å². The highest BCUT2D eigenvalue weighted by atomic mass is 127. The fourth-order valence-electron chi connectivity index (χ4n) is 3.24. The minimum atomic E-state index is -0.00715. The molecule has 1 aromatic rings. The van der Waals surface area contributed by atoms with Crippen molar-refractivity contribution in [2.24, 2.45) is 4.99 Å². The molecule has 0 spiro atoms. The number of hydrogen-bond donors (Lipinski definition) is 3. The Bertz CT molecular complexity index is 609. The quantitative estimate of drug-likeness (QED) is 0.165. The summed E-state index contributed by atoms with van der Waals surface area (Å²) in [5.41, 5.74) is 1.82. The summed E-state index contributed by atoms with van der Waals surface area (Å²) in [4.78, 5) is 18.9. The fraction of sp³-hybridized carbons (Fsp3) is 0.652. The van der Waals surface area contributed by atoms with Gasteiger partial charge in [0.15, 0.2) is 5.96 Å². The van der Waals surface area contributed by atoms with Gasteiger partial charge in [-0.1, -0.05) is 25.5 Å². The van der Waals surface area contributed by atoms with E-state index in [1.165, 1.54) is 0 Å². The highest BCUT2D eigenvalue weighted by Crippen LogP contribution is 2.06. The molecular weight excluding hydrogens is 489 g/mol. The first-order chi connectivity index (χ1) is 13.9. The molecule has 30 heavy (non-hydrogen) atoms. The molecule has 0 saturated heterocycles. The Kier molecular flexibility index (Phi) is 15.6. The molecule has 7 heteroatoms. The molecule has 1 rings (SSSR count). The molecule has 1 aromatic carbocycles. The average molecular weight is 532 g/mol. The zero-order chi connectivity index (χ0) is 21.6. The van der Waals surface area contributed by atoms with E-state index >= 15 is 0 Å². The lowest BCUT2D eigenvalue weighted by Gasteiger charge is -2.30. The molecule has 0 fully saturated rings. The number of nitrogens with one attached hydrogen (secondary N) is 3. The fourth-order valence-corrected chi connectivity index (χ4v) is 3.24. The Morgan fingerprint density at radius 3 is 2.10 bits per heavy atom. The predicted octanol–water partition coefficient (Wildman–Crippen LogP) is 4.01. The first-order valence-electron chi connectivity index (χ1n) is 11.0. The number of guanidine groups is 1. The van der Waals surface area contributed by atoms with Crippen molar-refractivity contribution in [1.29, 1.82) is 0 Å². The second-order valence-corrected chi connectivity index (χ2v) is 7.94. The van der Waals surface area contributed by atoms with Crippen LogP contribution in [0.25, 0.3) is 0 Å². The topological polar surface area (TPSA) is 68.8 Å². The molecule has 0 heterocycles. The van der Waals surface area contributed by atoms with E-state index in [-0.39, 0.29) is 29.9 Å². The summed E-state index contributed by atoms with van der Waals surface area (Å²) >= 11 is 0. The number of carbonyl (C=O) groups is 1. The third-order valence-corrected chi connectivity index (χ3v) is 4.93. The minimum Gasteiger partial charge on any atom is -0.356 e. The van der Waals surface area contributed by atoms with Crippen LogP contribution >= 0.6 is 24.0 Å². The number of nitrogens with zero attached hydrogens (tertiary/aromatic N) is 2. The number of amides is 1. The van der Waals surface area contributed by atoms with E-state index in [9.17, 15) is 4.79 Å². The van der Waals surface area contributed by atoms with E-state index in [1.54, 1.807) is 7.05 Å². The number of benzene rings is 1. The van der Waals surface area contributed by atoms with Crippen LogP contribution in [0.1, 0.15) is 69.8 Å². The third-order valence-electron chi connectivity index (χ3n) is 4.93. The van der Waals surface area contributed by atoms with Gasteiger partial charge in [0.25, 0.3) is 5.91 Å². The summed E-state index contributed by atoms with van der Waals surface area (Å²) in [6.07, 6.45) is 3.15. The van der Waals surface area contributed by atoms with Gasteiger partial charge in [-0.2, -0.15) is 0 Å². The highest BCUT2D eigenvalue weighted by Gasteiger charge is 2.12. The second kappa shape index (κ2) is 16.4. The van der Waals surface area contributed by atoms with E-state index in [2.05, 4.69) is 60.5 Å². The lowest BCUT2D eigenvalue weighted by Crippen LogP contribution is -2.41. The highest BCUT2D eigenvalue weighted by molar-refractivity contribution is 14.0. The van der Waals surface area contributed by atoms with Crippen molar-refractivity contribution in [2.75, 3.05) is 26.7 Å². The van der Waals surface area contributed by atoms with Crippen LogP contribution in [-0.2, 0) is 6.54 Å². The smallest absolute Gasteiger partial charge is 0.251 e. The van der Waals surface area contributed by atoms with Gasteiger partial charge in [-0.05, 0) is 58.2 Å². The van der Waals surface area contributed by atoms with Gasteiger partial charge in [0.05, 0.1) is 0 Å². The predicted molar refractivity (Wildman–Crippen MR) is 139 cm³/mol. The summed E-state index contributed by atoms with van der Waals surface area (Å²) in [5.74, 6) is 0.791. The molecule has 0 aliphatic heterocycles. The number of halogens is 1. The molecule has 0 saturated carbocycles. The zero-order valence-electron chi connectivity index (χ0n) is 19.6. The molecular formula is C23H42IN5O. The van der Waals surface area contributed by atoms with Crippen LogP contribution < -0.4 is 16.0 Å². The maximum Gasteiger partial charge on any atom is 0.251 e. The Morgan fingerprint density at radius 2 is 1.57 bits per heavy atom. The second-order valence-electron chi connectivity index (χ2n) is 7.94. The molecule has 1 amide bonds. The van der Waals surface area contributed by atoms with Crippen molar-refractivity contribution in [3.8, 4) is 0 Å². The van der Waals surface area contributed by atoms with E-state index in [1.807, 2.05) is 24.3 Å². The maximum atomic E-state index is 12.1. The summed E-state index contributed by atoms with van der Waals surface area (Å²) in [6, 6.07) is 8.84. The van der Waals surface area contributed by atoms with Crippen molar-refractivity contribution in [3.05, 3.63) is 35.4 Å². The summed E-state index contributed by atoms with van der Waals surface area (Å²) in [6.45, 7) is 14.4. The van der Waals surface area contributed by atoms with Crippen LogP contribution in [0, 0.1) is 0 Å². The number of hydrogen-bond acceptors (Lipinski definition) is 3. The number of carbonyl (C=O) groups excluding carboxylic acids is 1. The first kappa shape index (κ1) is 28.6. The molecule has 6 nitrogen and oxygen atoms in total. The maximum absolute atomic E-state index is 12.1. The van der Waals surface area contributed by atoms with Crippen LogP contribution in [0.4, 0.5) is 0 Å². The number of aliphatic imine (C=N–C) groups is 1. The van der Waals surface area contributed by atoms with E-state index in [4.69, 9.17) is 0 Å². The molecule has 0 atom stereocenters. The summed E-state index contributed by atoms with van der Waals surface area (Å²) in [5, 5.41) is 9.66. The first-order valence-corrected chi connectivity index (χ1v) is 11.0. The molecule has 0 aromatic heterocycles. The largest absolute Gasteiger partial charge is 0.356 e. The van der Waals surface area contributed by atoms with Gasteiger partial charge in [0.1, 0.15) is 0 Å².